The first-order chi connectivity index (χ1) is 8.66. The Kier molecular flexibility index (Phi) is 5.50. The molecule has 0 fully saturated rings. The molecule has 0 bridgehead atoms. The molecule has 110 valence electrons. The molecule has 0 amide bonds. The molecule has 5 nitrogen and oxygen atoms in total. The van der Waals surface area contributed by atoms with Gasteiger partial charge in [0.25, 0.3) is 0 Å². The molecule has 0 aliphatic rings. The largest absolute Gasteiger partial charge is 0.423 e. The Hall–Kier alpha value is -0.940. The average Bonchev–Trinajstić information content (AvgIpc) is 2.67. The van der Waals surface area contributed by atoms with E-state index < -0.39 is 0 Å². The average molecular weight is 269 g/mol. The summed E-state index contributed by atoms with van der Waals surface area (Å²) in [7, 11) is 0. The van der Waals surface area contributed by atoms with Gasteiger partial charge in [-0.15, -0.1) is 10.2 Å². The van der Waals surface area contributed by atoms with Crippen LogP contribution in [0.2, 0.25) is 0 Å². The van der Waals surface area contributed by atoms with E-state index in [1.54, 1.807) is 0 Å². The second kappa shape index (κ2) is 6.48. The Morgan fingerprint density at radius 2 is 1.68 bits per heavy atom. The van der Waals surface area contributed by atoms with Gasteiger partial charge in [0.1, 0.15) is 6.61 Å². The van der Waals surface area contributed by atoms with Gasteiger partial charge in [0.2, 0.25) is 11.8 Å². The second-order valence-electron chi connectivity index (χ2n) is 6.77. The number of nitrogens with zero attached hydrogens (tertiary/aromatic N) is 2. The lowest BCUT2D eigenvalue weighted by molar-refractivity contribution is -0.0247. The van der Waals surface area contributed by atoms with Crippen molar-refractivity contribution in [3.05, 3.63) is 11.8 Å². The van der Waals surface area contributed by atoms with E-state index in [9.17, 15) is 0 Å². The van der Waals surface area contributed by atoms with E-state index in [2.05, 4.69) is 36.3 Å². The molecule has 0 aliphatic heterocycles. The first-order valence-electron chi connectivity index (χ1n) is 6.86. The number of nitrogens with one attached hydrogen (secondary N) is 1. The summed E-state index contributed by atoms with van der Waals surface area (Å²) < 4.78 is 11.1. The zero-order valence-electron chi connectivity index (χ0n) is 13.0. The zero-order chi connectivity index (χ0) is 14.5. The van der Waals surface area contributed by atoms with Crippen LogP contribution in [0.15, 0.2) is 4.42 Å². The van der Waals surface area contributed by atoms with Gasteiger partial charge in [0.05, 0.1) is 5.60 Å². The summed E-state index contributed by atoms with van der Waals surface area (Å²) in [6.07, 6.45) is 1.78. The van der Waals surface area contributed by atoms with Crippen molar-refractivity contribution in [2.75, 3.05) is 6.54 Å². The van der Waals surface area contributed by atoms with E-state index >= 15 is 0 Å². The van der Waals surface area contributed by atoms with E-state index in [-0.39, 0.29) is 11.1 Å². The molecular weight excluding hydrogens is 242 g/mol. The SMILES string of the molecule is CC(C)(C)NCCCc1nnc(COC(C)(C)C)o1. The lowest BCUT2D eigenvalue weighted by Crippen LogP contribution is -2.36. The minimum Gasteiger partial charge on any atom is -0.423 e. The fourth-order valence-electron chi connectivity index (χ4n) is 1.43. The van der Waals surface area contributed by atoms with Crippen LogP contribution in [0.4, 0.5) is 0 Å². The van der Waals surface area contributed by atoms with Gasteiger partial charge in [-0.2, -0.15) is 0 Å². The smallest absolute Gasteiger partial charge is 0.242 e. The Morgan fingerprint density at radius 1 is 1.05 bits per heavy atom. The summed E-state index contributed by atoms with van der Waals surface area (Å²) in [4.78, 5) is 0. The Morgan fingerprint density at radius 3 is 2.26 bits per heavy atom. The van der Waals surface area contributed by atoms with Crippen molar-refractivity contribution in [3.63, 3.8) is 0 Å². The third-order valence-electron chi connectivity index (χ3n) is 2.36. The Balaban J connectivity index is 2.27. The van der Waals surface area contributed by atoms with Crippen molar-refractivity contribution in [1.82, 2.24) is 15.5 Å². The standard InChI is InChI=1S/C14H27N3O2/c1-13(2,3)15-9-7-8-11-16-17-12(19-11)10-18-14(4,5)6/h15H,7-10H2,1-6H3. The maximum Gasteiger partial charge on any atom is 0.242 e. The molecule has 1 heterocycles. The van der Waals surface area contributed by atoms with Crippen LogP contribution in [-0.4, -0.2) is 27.9 Å². The normalized spacial score (nSPS) is 12.9. The zero-order valence-corrected chi connectivity index (χ0v) is 13.0. The molecule has 0 aliphatic carbocycles. The van der Waals surface area contributed by atoms with Crippen LogP contribution in [0, 0.1) is 0 Å². The lowest BCUT2D eigenvalue weighted by atomic mass is 10.1. The monoisotopic (exact) mass is 269 g/mol. The van der Waals surface area contributed by atoms with Crippen molar-refractivity contribution >= 4 is 0 Å². The van der Waals surface area contributed by atoms with Gasteiger partial charge in [-0.05, 0) is 54.5 Å². The highest BCUT2D eigenvalue weighted by molar-refractivity contribution is 4.81. The van der Waals surface area contributed by atoms with Gasteiger partial charge in [-0.3, -0.25) is 0 Å². The third kappa shape index (κ3) is 7.95. The molecule has 1 rings (SSSR count). The molecule has 5 heteroatoms. The van der Waals surface area contributed by atoms with Gasteiger partial charge >= 0.3 is 0 Å². The highest BCUT2D eigenvalue weighted by Gasteiger charge is 2.13. The van der Waals surface area contributed by atoms with Crippen LogP contribution in [0.25, 0.3) is 0 Å². The molecule has 1 aromatic heterocycles. The van der Waals surface area contributed by atoms with E-state index in [1.807, 2.05) is 20.8 Å². The van der Waals surface area contributed by atoms with Crippen molar-refractivity contribution in [1.29, 1.82) is 0 Å². The van der Waals surface area contributed by atoms with Crippen LogP contribution in [0.1, 0.15) is 59.7 Å². The second-order valence-corrected chi connectivity index (χ2v) is 6.77. The fraction of sp³-hybridized carbons (Fsp3) is 0.857. The predicted molar refractivity (Wildman–Crippen MR) is 74.9 cm³/mol. The van der Waals surface area contributed by atoms with E-state index in [1.165, 1.54) is 0 Å². The molecular formula is C14H27N3O2. The molecule has 0 radical (unpaired) electrons. The number of aryl methyl sites for hydroxylation is 1. The number of hydrogen-bond donors (Lipinski definition) is 1. The Labute approximate surface area is 116 Å². The summed E-state index contributed by atoms with van der Waals surface area (Å²) in [6, 6.07) is 0. The van der Waals surface area contributed by atoms with Crippen LogP contribution < -0.4 is 5.32 Å². The van der Waals surface area contributed by atoms with Crippen LogP contribution >= 0.6 is 0 Å². The Bertz CT molecular complexity index is 375. The predicted octanol–water partition coefficient (Wildman–Crippen LogP) is 2.71. The van der Waals surface area contributed by atoms with E-state index in [4.69, 9.17) is 9.15 Å². The molecule has 0 saturated carbocycles. The minimum atomic E-state index is -0.189. The van der Waals surface area contributed by atoms with Crippen LogP contribution in [0.5, 0.6) is 0 Å². The van der Waals surface area contributed by atoms with Crippen LogP contribution in [-0.2, 0) is 17.8 Å². The van der Waals surface area contributed by atoms with E-state index in [0.29, 0.717) is 18.4 Å². The summed E-state index contributed by atoms with van der Waals surface area (Å²) in [5, 5.41) is 11.4. The van der Waals surface area contributed by atoms with Gasteiger partial charge in [-0.25, -0.2) is 0 Å². The van der Waals surface area contributed by atoms with Crippen molar-refractivity contribution in [2.45, 2.75) is 72.1 Å². The maximum absolute atomic E-state index is 5.59. The number of rotatable bonds is 6. The highest BCUT2D eigenvalue weighted by atomic mass is 16.5. The first kappa shape index (κ1) is 16.1. The van der Waals surface area contributed by atoms with Gasteiger partial charge in [-0.1, -0.05) is 0 Å². The van der Waals surface area contributed by atoms with Gasteiger partial charge in [0.15, 0.2) is 0 Å². The fourth-order valence-corrected chi connectivity index (χ4v) is 1.43. The highest BCUT2D eigenvalue weighted by Crippen LogP contribution is 2.11. The van der Waals surface area contributed by atoms with Crippen molar-refractivity contribution in [3.8, 4) is 0 Å². The topological polar surface area (TPSA) is 60.2 Å². The van der Waals surface area contributed by atoms with Gasteiger partial charge < -0.3 is 14.5 Å². The molecule has 0 aromatic carbocycles. The summed E-state index contributed by atoms with van der Waals surface area (Å²) >= 11 is 0. The third-order valence-corrected chi connectivity index (χ3v) is 2.36. The van der Waals surface area contributed by atoms with Crippen molar-refractivity contribution in [2.24, 2.45) is 0 Å². The number of aromatic nitrogens is 2. The number of ether oxygens (including phenoxy) is 1. The molecule has 1 N–H and O–H groups in total. The minimum absolute atomic E-state index is 0.153. The summed E-state index contributed by atoms with van der Waals surface area (Å²) in [5.41, 5.74) is -0.0359. The number of hydrogen-bond acceptors (Lipinski definition) is 5. The first-order valence-corrected chi connectivity index (χ1v) is 6.86. The lowest BCUT2D eigenvalue weighted by Gasteiger charge is -2.19. The molecule has 19 heavy (non-hydrogen) atoms. The molecule has 0 unspecified atom stereocenters. The molecule has 1 aromatic rings. The molecule has 0 atom stereocenters. The summed E-state index contributed by atoms with van der Waals surface area (Å²) in [6.45, 7) is 13.8. The summed E-state index contributed by atoms with van der Waals surface area (Å²) in [5.74, 6) is 1.23. The van der Waals surface area contributed by atoms with E-state index in [0.717, 1.165) is 19.4 Å². The maximum atomic E-state index is 5.59. The van der Waals surface area contributed by atoms with Gasteiger partial charge in [0, 0.05) is 12.0 Å². The van der Waals surface area contributed by atoms with Crippen LogP contribution in [0.3, 0.4) is 0 Å². The molecule has 0 saturated heterocycles. The molecule has 0 spiro atoms. The van der Waals surface area contributed by atoms with Crippen molar-refractivity contribution < 1.29 is 9.15 Å². The quantitative estimate of drug-likeness (QED) is 0.805.